The van der Waals surface area contributed by atoms with Crippen molar-refractivity contribution >= 4 is 17.5 Å². The molecule has 0 spiro atoms. The Morgan fingerprint density at radius 1 is 1.07 bits per heavy atom. The number of hydrogen-bond acceptors (Lipinski definition) is 3. The third kappa shape index (κ3) is 5.34. The second-order valence-electron chi connectivity index (χ2n) is 7.72. The monoisotopic (exact) mass is 397 g/mol. The summed E-state index contributed by atoms with van der Waals surface area (Å²) in [6, 6.07) is 14.1. The summed E-state index contributed by atoms with van der Waals surface area (Å²) in [7, 11) is 0. The average Bonchev–Trinajstić information content (AvgIpc) is 2.73. The molecule has 1 fully saturated rings. The summed E-state index contributed by atoms with van der Waals surface area (Å²) < 4.78 is 13.8. The Morgan fingerprint density at radius 3 is 2.41 bits per heavy atom. The molecule has 2 amide bonds. The van der Waals surface area contributed by atoms with Gasteiger partial charge in [0.25, 0.3) is 5.91 Å². The number of anilines is 1. The summed E-state index contributed by atoms with van der Waals surface area (Å²) in [5, 5.41) is 5.91. The highest BCUT2D eigenvalue weighted by Crippen LogP contribution is 2.24. The second-order valence-corrected chi connectivity index (χ2v) is 7.72. The van der Waals surface area contributed by atoms with E-state index in [9.17, 15) is 14.0 Å². The fourth-order valence-corrected chi connectivity index (χ4v) is 3.49. The lowest BCUT2D eigenvalue weighted by molar-refractivity contribution is -0.124. The number of nitrogens with zero attached hydrogens (tertiary/aromatic N) is 1. The Bertz CT molecular complexity index is 861. The minimum Gasteiger partial charge on any atom is -0.371 e. The summed E-state index contributed by atoms with van der Waals surface area (Å²) in [5.74, 6) is -0.492. The van der Waals surface area contributed by atoms with Gasteiger partial charge in [0.05, 0.1) is 5.56 Å². The normalized spacial score (nSPS) is 14.7. The van der Waals surface area contributed by atoms with Crippen molar-refractivity contribution in [2.75, 3.05) is 18.0 Å². The van der Waals surface area contributed by atoms with Crippen LogP contribution in [0.5, 0.6) is 0 Å². The Hall–Kier alpha value is -2.89. The Morgan fingerprint density at radius 2 is 1.72 bits per heavy atom. The number of carbonyl (C=O) groups excluding carboxylic acids is 2. The molecule has 0 radical (unpaired) electrons. The predicted octanol–water partition coefficient (Wildman–Crippen LogP) is 3.50. The molecule has 0 aromatic heterocycles. The molecule has 0 aliphatic carbocycles. The average molecular weight is 397 g/mol. The maximum atomic E-state index is 13.8. The van der Waals surface area contributed by atoms with E-state index < -0.39 is 0 Å². The van der Waals surface area contributed by atoms with Crippen LogP contribution in [0.15, 0.2) is 48.5 Å². The van der Waals surface area contributed by atoms with E-state index >= 15 is 0 Å². The molecule has 6 heteroatoms. The highest BCUT2D eigenvalue weighted by Gasteiger charge is 2.24. The maximum absolute atomic E-state index is 13.8. The van der Waals surface area contributed by atoms with Gasteiger partial charge in [0.1, 0.15) is 5.82 Å². The number of para-hydroxylation sites is 1. The van der Waals surface area contributed by atoms with Crippen molar-refractivity contribution in [3.8, 4) is 0 Å². The van der Waals surface area contributed by atoms with Crippen molar-refractivity contribution in [3.63, 3.8) is 0 Å². The molecule has 0 unspecified atom stereocenters. The summed E-state index contributed by atoms with van der Waals surface area (Å²) >= 11 is 0. The number of nitrogens with one attached hydrogen (secondary N) is 2. The standard InChI is InChI=1S/C23H28FN3O2/c1-16(2)22(28)26-18-11-13-27(14-12-18)21-10-6-4-8-19(21)23(29)25-15-17-7-3-5-9-20(17)24/h3-10,16,18H,11-15H2,1-2H3,(H,25,29)(H,26,28). The molecule has 0 saturated carbocycles. The molecule has 2 aromatic carbocycles. The fraction of sp³-hybridized carbons (Fsp3) is 0.391. The molecule has 5 nitrogen and oxygen atoms in total. The molecule has 1 aliphatic rings. The molecule has 3 rings (SSSR count). The highest BCUT2D eigenvalue weighted by atomic mass is 19.1. The van der Waals surface area contributed by atoms with Crippen molar-refractivity contribution in [2.24, 2.45) is 5.92 Å². The number of benzene rings is 2. The van der Waals surface area contributed by atoms with Crippen molar-refractivity contribution < 1.29 is 14.0 Å². The van der Waals surface area contributed by atoms with E-state index in [1.54, 1.807) is 24.3 Å². The zero-order valence-electron chi connectivity index (χ0n) is 17.0. The van der Waals surface area contributed by atoms with Gasteiger partial charge in [-0.1, -0.05) is 44.2 Å². The first-order valence-corrected chi connectivity index (χ1v) is 10.1. The third-order valence-corrected chi connectivity index (χ3v) is 5.25. The summed E-state index contributed by atoms with van der Waals surface area (Å²) in [6.07, 6.45) is 1.67. The highest BCUT2D eigenvalue weighted by molar-refractivity contribution is 5.99. The van der Waals surface area contributed by atoms with E-state index in [0.717, 1.165) is 31.6 Å². The largest absolute Gasteiger partial charge is 0.371 e. The molecule has 1 aliphatic heterocycles. The zero-order valence-corrected chi connectivity index (χ0v) is 17.0. The predicted molar refractivity (Wildman–Crippen MR) is 112 cm³/mol. The van der Waals surface area contributed by atoms with Gasteiger partial charge >= 0.3 is 0 Å². The first kappa shape index (κ1) is 20.8. The quantitative estimate of drug-likeness (QED) is 0.784. The Kier molecular flexibility index (Phi) is 6.86. The number of carbonyl (C=O) groups is 2. The molecule has 29 heavy (non-hydrogen) atoms. The van der Waals surface area contributed by atoms with Crippen LogP contribution in [0, 0.1) is 11.7 Å². The van der Waals surface area contributed by atoms with E-state index in [1.807, 2.05) is 32.0 Å². The van der Waals surface area contributed by atoms with Gasteiger partial charge in [-0.25, -0.2) is 4.39 Å². The van der Waals surface area contributed by atoms with Gasteiger partial charge in [-0.05, 0) is 31.0 Å². The van der Waals surface area contributed by atoms with Crippen molar-refractivity contribution in [1.29, 1.82) is 0 Å². The summed E-state index contributed by atoms with van der Waals surface area (Å²) in [5.41, 5.74) is 1.90. The molecule has 0 bridgehead atoms. The third-order valence-electron chi connectivity index (χ3n) is 5.25. The van der Waals surface area contributed by atoms with Crippen LogP contribution < -0.4 is 15.5 Å². The Labute approximate surface area is 171 Å². The van der Waals surface area contributed by atoms with Gasteiger partial charge in [0.2, 0.25) is 5.91 Å². The van der Waals surface area contributed by atoms with Crippen LogP contribution in [-0.4, -0.2) is 30.9 Å². The summed E-state index contributed by atoms with van der Waals surface area (Å²) in [4.78, 5) is 26.9. The van der Waals surface area contributed by atoms with Crippen molar-refractivity contribution in [3.05, 3.63) is 65.5 Å². The minimum absolute atomic E-state index is 0.0214. The van der Waals surface area contributed by atoms with E-state index in [2.05, 4.69) is 15.5 Å². The van der Waals surface area contributed by atoms with Crippen molar-refractivity contribution in [1.82, 2.24) is 10.6 Å². The number of rotatable bonds is 6. The number of amides is 2. The summed E-state index contributed by atoms with van der Waals surface area (Å²) in [6.45, 7) is 5.45. The van der Waals surface area contributed by atoms with Gasteiger partial charge in [0, 0.05) is 42.8 Å². The topological polar surface area (TPSA) is 61.4 Å². The van der Waals surface area contributed by atoms with Gasteiger partial charge in [0.15, 0.2) is 0 Å². The molecular formula is C23H28FN3O2. The number of halogens is 1. The van der Waals surface area contributed by atoms with E-state index in [1.165, 1.54) is 6.07 Å². The number of hydrogen-bond donors (Lipinski definition) is 2. The molecule has 2 aromatic rings. The molecule has 1 saturated heterocycles. The van der Waals surface area contributed by atoms with Crippen LogP contribution in [0.1, 0.15) is 42.6 Å². The fourth-order valence-electron chi connectivity index (χ4n) is 3.49. The first-order chi connectivity index (χ1) is 14.0. The Balaban J connectivity index is 1.63. The molecule has 2 N–H and O–H groups in total. The lowest BCUT2D eigenvalue weighted by Crippen LogP contribution is -2.46. The lowest BCUT2D eigenvalue weighted by Gasteiger charge is -2.35. The van der Waals surface area contributed by atoms with Gasteiger partial charge < -0.3 is 15.5 Å². The van der Waals surface area contributed by atoms with Crippen LogP contribution in [0.3, 0.4) is 0 Å². The van der Waals surface area contributed by atoms with Crippen molar-refractivity contribution in [2.45, 2.75) is 39.3 Å². The minimum atomic E-state index is -0.327. The van der Waals surface area contributed by atoms with Gasteiger partial charge in [-0.2, -0.15) is 0 Å². The van der Waals surface area contributed by atoms with Crippen LogP contribution in [0.4, 0.5) is 10.1 Å². The lowest BCUT2D eigenvalue weighted by atomic mass is 10.0. The molecular weight excluding hydrogens is 369 g/mol. The second kappa shape index (κ2) is 9.54. The molecule has 154 valence electrons. The van der Waals surface area contributed by atoms with Crippen LogP contribution in [-0.2, 0) is 11.3 Å². The number of piperidine rings is 1. The van der Waals surface area contributed by atoms with Gasteiger partial charge in [-0.3, -0.25) is 9.59 Å². The van der Waals surface area contributed by atoms with Crippen LogP contribution in [0.25, 0.3) is 0 Å². The zero-order chi connectivity index (χ0) is 20.8. The first-order valence-electron chi connectivity index (χ1n) is 10.1. The smallest absolute Gasteiger partial charge is 0.253 e. The molecule has 0 atom stereocenters. The van der Waals surface area contributed by atoms with Crippen LogP contribution >= 0.6 is 0 Å². The SMILES string of the molecule is CC(C)C(=O)NC1CCN(c2ccccc2C(=O)NCc2ccccc2F)CC1. The van der Waals surface area contributed by atoms with E-state index in [4.69, 9.17) is 0 Å². The van der Waals surface area contributed by atoms with Crippen LogP contribution in [0.2, 0.25) is 0 Å². The van der Waals surface area contributed by atoms with Gasteiger partial charge in [-0.15, -0.1) is 0 Å². The van der Waals surface area contributed by atoms with E-state index in [-0.39, 0.29) is 36.1 Å². The maximum Gasteiger partial charge on any atom is 0.253 e. The molecule has 1 heterocycles. The van der Waals surface area contributed by atoms with E-state index in [0.29, 0.717) is 11.1 Å².